The number of aliphatic hydroxyl groups excluding tert-OH is 1. The normalized spacial score (nSPS) is 12.7. The van der Waals surface area contributed by atoms with Crippen LogP contribution in [0.4, 0.5) is 0 Å². The third-order valence-corrected chi connectivity index (χ3v) is 2.97. The van der Waals surface area contributed by atoms with Crippen molar-refractivity contribution in [3.8, 4) is 5.75 Å². The molecule has 0 aliphatic carbocycles. The van der Waals surface area contributed by atoms with Crippen molar-refractivity contribution >= 4 is 0 Å². The van der Waals surface area contributed by atoms with Crippen molar-refractivity contribution in [2.75, 3.05) is 13.2 Å². The number of ether oxygens (including phenoxy) is 1. The molecule has 1 aromatic rings. The fourth-order valence-corrected chi connectivity index (χ4v) is 1.84. The van der Waals surface area contributed by atoms with Crippen LogP contribution >= 0.6 is 0 Å². The lowest BCUT2D eigenvalue weighted by atomic mass is 10.1. The number of aryl methyl sites for hydroxylation is 1. The summed E-state index contributed by atoms with van der Waals surface area (Å²) in [6, 6.07) is 8.47. The molecule has 0 amide bonds. The number of benzene rings is 1. The standard InChI is InChI=1S/C16H27NO2/c1-4-5-8-14-9-6-7-10-16(14)19-12-15(18)11-17-13(2)3/h6-7,9-10,13,15,17-18H,4-5,8,11-12H2,1-3H3. The Balaban J connectivity index is 2.43. The number of unbranched alkanes of at least 4 members (excludes halogenated alkanes) is 1. The van der Waals surface area contributed by atoms with E-state index in [0.29, 0.717) is 19.2 Å². The Morgan fingerprint density at radius 1 is 1.26 bits per heavy atom. The zero-order chi connectivity index (χ0) is 14.1. The Morgan fingerprint density at radius 3 is 2.68 bits per heavy atom. The van der Waals surface area contributed by atoms with Crippen LogP contribution in [-0.4, -0.2) is 30.4 Å². The lowest BCUT2D eigenvalue weighted by Crippen LogP contribution is -2.35. The molecule has 0 aromatic heterocycles. The minimum atomic E-state index is -0.471. The van der Waals surface area contributed by atoms with Crippen LogP contribution in [0.15, 0.2) is 24.3 Å². The van der Waals surface area contributed by atoms with Crippen LogP contribution in [0.1, 0.15) is 39.2 Å². The molecule has 0 fully saturated rings. The van der Waals surface area contributed by atoms with Crippen LogP contribution in [0.3, 0.4) is 0 Å². The average Bonchev–Trinajstić information content (AvgIpc) is 2.41. The van der Waals surface area contributed by atoms with Gasteiger partial charge in [0.2, 0.25) is 0 Å². The highest BCUT2D eigenvalue weighted by atomic mass is 16.5. The first-order valence-electron chi connectivity index (χ1n) is 7.25. The van der Waals surface area contributed by atoms with Gasteiger partial charge in [-0.15, -0.1) is 0 Å². The summed E-state index contributed by atoms with van der Waals surface area (Å²) in [4.78, 5) is 0. The Labute approximate surface area is 117 Å². The van der Waals surface area contributed by atoms with Gasteiger partial charge >= 0.3 is 0 Å². The molecular formula is C16H27NO2. The molecule has 3 heteroatoms. The maximum Gasteiger partial charge on any atom is 0.122 e. The van der Waals surface area contributed by atoms with Gasteiger partial charge in [-0.2, -0.15) is 0 Å². The smallest absolute Gasteiger partial charge is 0.122 e. The van der Waals surface area contributed by atoms with Gasteiger partial charge < -0.3 is 15.2 Å². The second-order valence-corrected chi connectivity index (χ2v) is 5.24. The fourth-order valence-electron chi connectivity index (χ4n) is 1.84. The lowest BCUT2D eigenvalue weighted by molar-refractivity contribution is 0.104. The first-order chi connectivity index (χ1) is 9.13. The van der Waals surface area contributed by atoms with Gasteiger partial charge in [-0.3, -0.25) is 0 Å². The molecule has 108 valence electrons. The molecule has 1 atom stereocenters. The Morgan fingerprint density at radius 2 is 2.00 bits per heavy atom. The van der Waals surface area contributed by atoms with Crippen molar-refractivity contribution < 1.29 is 9.84 Å². The van der Waals surface area contributed by atoms with E-state index >= 15 is 0 Å². The van der Waals surface area contributed by atoms with E-state index in [9.17, 15) is 5.11 Å². The largest absolute Gasteiger partial charge is 0.491 e. The highest BCUT2D eigenvalue weighted by Crippen LogP contribution is 2.20. The van der Waals surface area contributed by atoms with E-state index in [4.69, 9.17) is 4.74 Å². The fraction of sp³-hybridized carbons (Fsp3) is 0.625. The number of nitrogens with one attached hydrogen (secondary N) is 1. The minimum absolute atomic E-state index is 0.336. The van der Waals surface area contributed by atoms with Crippen LogP contribution in [0, 0.1) is 0 Å². The highest BCUT2D eigenvalue weighted by molar-refractivity contribution is 5.33. The van der Waals surface area contributed by atoms with E-state index in [-0.39, 0.29) is 0 Å². The quantitative estimate of drug-likeness (QED) is 0.721. The summed E-state index contributed by atoms with van der Waals surface area (Å²) in [7, 11) is 0. The van der Waals surface area contributed by atoms with Crippen molar-refractivity contribution in [3.63, 3.8) is 0 Å². The van der Waals surface area contributed by atoms with E-state index in [1.807, 2.05) is 18.2 Å². The lowest BCUT2D eigenvalue weighted by Gasteiger charge is -2.16. The molecule has 1 rings (SSSR count). The SMILES string of the molecule is CCCCc1ccccc1OCC(O)CNC(C)C. The average molecular weight is 265 g/mol. The predicted octanol–water partition coefficient (Wildman–Crippen LogP) is 2.77. The molecule has 19 heavy (non-hydrogen) atoms. The molecule has 1 unspecified atom stereocenters. The first-order valence-corrected chi connectivity index (χ1v) is 7.25. The third-order valence-electron chi connectivity index (χ3n) is 2.97. The molecule has 0 spiro atoms. The van der Waals surface area contributed by atoms with E-state index in [0.717, 1.165) is 18.6 Å². The van der Waals surface area contributed by atoms with Crippen LogP contribution in [0.2, 0.25) is 0 Å². The molecular weight excluding hydrogens is 238 g/mol. The second-order valence-electron chi connectivity index (χ2n) is 5.24. The monoisotopic (exact) mass is 265 g/mol. The van der Waals surface area contributed by atoms with Gasteiger partial charge in [-0.1, -0.05) is 45.4 Å². The number of hydrogen-bond acceptors (Lipinski definition) is 3. The summed E-state index contributed by atoms with van der Waals surface area (Å²) >= 11 is 0. The summed E-state index contributed by atoms with van der Waals surface area (Å²) in [5.41, 5.74) is 1.23. The Hall–Kier alpha value is -1.06. The van der Waals surface area contributed by atoms with Crippen LogP contribution in [-0.2, 0) is 6.42 Å². The van der Waals surface area contributed by atoms with Gasteiger partial charge in [-0.05, 0) is 24.5 Å². The molecule has 0 saturated heterocycles. The summed E-state index contributed by atoms with van der Waals surface area (Å²) < 4.78 is 5.74. The van der Waals surface area contributed by atoms with E-state index < -0.39 is 6.10 Å². The Kier molecular flexibility index (Phi) is 7.53. The molecule has 3 nitrogen and oxygen atoms in total. The molecule has 1 aromatic carbocycles. The predicted molar refractivity (Wildman–Crippen MR) is 79.7 cm³/mol. The van der Waals surface area contributed by atoms with Crippen molar-refractivity contribution in [3.05, 3.63) is 29.8 Å². The van der Waals surface area contributed by atoms with Crippen molar-refractivity contribution in [1.82, 2.24) is 5.32 Å². The van der Waals surface area contributed by atoms with Crippen molar-refractivity contribution in [1.29, 1.82) is 0 Å². The van der Waals surface area contributed by atoms with Crippen LogP contribution in [0.25, 0.3) is 0 Å². The molecule has 0 aliphatic heterocycles. The van der Waals surface area contributed by atoms with Crippen LogP contribution in [0.5, 0.6) is 5.75 Å². The zero-order valence-electron chi connectivity index (χ0n) is 12.4. The molecule has 0 aliphatic rings. The maximum absolute atomic E-state index is 9.84. The molecule has 0 radical (unpaired) electrons. The molecule has 0 bridgehead atoms. The van der Waals surface area contributed by atoms with Crippen LogP contribution < -0.4 is 10.1 Å². The summed E-state index contributed by atoms with van der Waals surface area (Å²) in [5.74, 6) is 0.902. The Bertz CT molecular complexity index is 352. The third kappa shape index (κ3) is 6.60. The summed E-state index contributed by atoms with van der Waals surface area (Å²) in [6.07, 6.45) is 2.90. The number of hydrogen-bond donors (Lipinski definition) is 2. The van der Waals surface area contributed by atoms with E-state index in [2.05, 4.69) is 32.2 Å². The summed E-state index contributed by atoms with van der Waals surface area (Å²) in [5, 5.41) is 13.0. The van der Waals surface area contributed by atoms with Gasteiger partial charge in [-0.25, -0.2) is 0 Å². The number of rotatable bonds is 9. The van der Waals surface area contributed by atoms with Gasteiger partial charge in [0.05, 0.1) is 0 Å². The minimum Gasteiger partial charge on any atom is -0.491 e. The summed E-state index contributed by atoms with van der Waals surface area (Å²) in [6.45, 7) is 7.21. The van der Waals surface area contributed by atoms with Gasteiger partial charge in [0.15, 0.2) is 0 Å². The molecule has 2 N–H and O–H groups in total. The van der Waals surface area contributed by atoms with Crippen molar-refractivity contribution in [2.24, 2.45) is 0 Å². The van der Waals surface area contributed by atoms with E-state index in [1.165, 1.54) is 12.0 Å². The number of para-hydroxylation sites is 1. The van der Waals surface area contributed by atoms with E-state index in [1.54, 1.807) is 0 Å². The van der Waals surface area contributed by atoms with Gasteiger partial charge in [0.25, 0.3) is 0 Å². The highest BCUT2D eigenvalue weighted by Gasteiger charge is 2.08. The topological polar surface area (TPSA) is 41.5 Å². The molecule has 0 saturated carbocycles. The zero-order valence-corrected chi connectivity index (χ0v) is 12.4. The second kappa shape index (κ2) is 8.94. The van der Waals surface area contributed by atoms with Gasteiger partial charge in [0.1, 0.15) is 18.5 Å². The molecule has 0 heterocycles. The maximum atomic E-state index is 9.84. The van der Waals surface area contributed by atoms with Gasteiger partial charge in [0, 0.05) is 12.6 Å². The van der Waals surface area contributed by atoms with Crippen molar-refractivity contribution in [2.45, 2.75) is 52.2 Å². The number of aliphatic hydroxyl groups is 1. The first kappa shape index (κ1) is 16.0.